The molecule has 5 nitrogen and oxygen atoms in total. The van der Waals surface area contributed by atoms with Gasteiger partial charge in [-0.25, -0.2) is 0 Å². The van der Waals surface area contributed by atoms with Crippen molar-refractivity contribution in [2.24, 2.45) is 0 Å². The average molecular weight is 349 g/mol. The van der Waals surface area contributed by atoms with Crippen LogP contribution in [-0.4, -0.2) is 40.8 Å². The number of rotatable bonds is 3. The summed E-state index contributed by atoms with van der Waals surface area (Å²) in [6, 6.07) is 9.12. The van der Waals surface area contributed by atoms with E-state index >= 15 is 0 Å². The summed E-state index contributed by atoms with van der Waals surface area (Å²) < 4.78 is 11.0. The number of carbonyl (C=O) groups excluding carboxylic acids is 1. The normalized spacial score (nSPS) is 20.2. The Balaban J connectivity index is 1.72. The van der Waals surface area contributed by atoms with Crippen molar-refractivity contribution in [2.45, 2.75) is 38.8 Å². The van der Waals surface area contributed by atoms with E-state index in [-0.39, 0.29) is 24.0 Å². The molecule has 2 heterocycles. The average Bonchev–Trinajstić information content (AvgIpc) is 2.99. The molecule has 1 atom stereocenters. The molecular formula is C18H21ClN2O3. The van der Waals surface area contributed by atoms with Crippen LogP contribution in [-0.2, 0) is 16.0 Å². The van der Waals surface area contributed by atoms with Gasteiger partial charge in [-0.15, -0.1) is 0 Å². The Kier molecular flexibility index (Phi) is 4.65. The summed E-state index contributed by atoms with van der Waals surface area (Å²) in [5.74, 6) is 0.662. The summed E-state index contributed by atoms with van der Waals surface area (Å²) in [4.78, 5) is 14.6. The molecule has 2 aromatic rings. The molecule has 1 saturated heterocycles. The van der Waals surface area contributed by atoms with Crippen molar-refractivity contribution in [3.8, 4) is 11.3 Å². The van der Waals surface area contributed by atoms with Crippen LogP contribution in [0.3, 0.4) is 0 Å². The first-order chi connectivity index (χ1) is 11.3. The maximum atomic E-state index is 12.7. The number of benzene rings is 1. The standard InChI is InChI=1S/C18H21ClN2O3/c1-12-10-21(18(2,3)11-23-12)17(22)9-15-8-16(24-20-15)13-4-6-14(19)7-5-13/h4-8,12H,9-11H2,1-3H3. The Bertz CT molecular complexity index is 724. The monoisotopic (exact) mass is 348 g/mol. The molecule has 6 heteroatoms. The highest BCUT2D eigenvalue weighted by Gasteiger charge is 2.36. The molecule has 3 rings (SSSR count). The number of hydrogen-bond donors (Lipinski definition) is 0. The number of halogens is 1. The van der Waals surface area contributed by atoms with Gasteiger partial charge >= 0.3 is 0 Å². The van der Waals surface area contributed by atoms with E-state index in [9.17, 15) is 4.79 Å². The minimum atomic E-state index is -0.313. The van der Waals surface area contributed by atoms with Crippen molar-refractivity contribution >= 4 is 17.5 Å². The van der Waals surface area contributed by atoms with E-state index in [1.165, 1.54) is 0 Å². The SMILES string of the molecule is CC1CN(C(=O)Cc2cc(-c3ccc(Cl)cc3)on2)C(C)(C)CO1. The highest BCUT2D eigenvalue weighted by molar-refractivity contribution is 6.30. The second-order valence-corrected chi connectivity index (χ2v) is 7.24. The maximum Gasteiger partial charge on any atom is 0.229 e. The van der Waals surface area contributed by atoms with Crippen molar-refractivity contribution in [3.05, 3.63) is 41.0 Å². The van der Waals surface area contributed by atoms with Gasteiger partial charge in [-0.3, -0.25) is 4.79 Å². The Labute approximate surface area is 146 Å². The topological polar surface area (TPSA) is 55.6 Å². The van der Waals surface area contributed by atoms with E-state index in [2.05, 4.69) is 5.16 Å². The van der Waals surface area contributed by atoms with E-state index in [1.54, 1.807) is 18.2 Å². The van der Waals surface area contributed by atoms with E-state index in [4.69, 9.17) is 20.9 Å². The Morgan fingerprint density at radius 3 is 2.79 bits per heavy atom. The minimum Gasteiger partial charge on any atom is -0.374 e. The molecule has 0 spiro atoms. The molecular weight excluding hydrogens is 328 g/mol. The molecule has 1 aromatic heterocycles. The molecule has 24 heavy (non-hydrogen) atoms. The van der Waals surface area contributed by atoms with E-state index in [1.807, 2.05) is 37.8 Å². The highest BCUT2D eigenvalue weighted by atomic mass is 35.5. The molecule has 0 radical (unpaired) electrons. The number of nitrogens with zero attached hydrogens (tertiary/aromatic N) is 2. The number of carbonyl (C=O) groups is 1. The van der Waals surface area contributed by atoms with Gasteiger partial charge in [0.25, 0.3) is 0 Å². The van der Waals surface area contributed by atoms with Crippen LogP contribution < -0.4 is 0 Å². The van der Waals surface area contributed by atoms with Crippen molar-refractivity contribution in [3.63, 3.8) is 0 Å². The van der Waals surface area contributed by atoms with Gasteiger partial charge in [-0.05, 0) is 45.0 Å². The van der Waals surface area contributed by atoms with Crippen molar-refractivity contribution in [1.82, 2.24) is 10.1 Å². The van der Waals surface area contributed by atoms with Gasteiger partial charge in [0, 0.05) is 23.2 Å². The third-order valence-corrected chi connectivity index (χ3v) is 4.46. The van der Waals surface area contributed by atoms with Gasteiger partial charge in [-0.1, -0.05) is 16.8 Å². The summed E-state index contributed by atoms with van der Waals surface area (Å²) in [5, 5.41) is 4.69. The fourth-order valence-corrected chi connectivity index (χ4v) is 2.94. The summed E-state index contributed by atoms with van der Waals surface area (Å²) in [5.41, 5.74) is 1.19. The van der Waals surface area contributed by atoms with Crippen LogP contribution in [0.1, 0.15) is 26.5 Å². The fourth-order valence-electron chi connectivity index (χ4n) is 2.82. The molecule has 1 aromatic carbocycles. The van der Waals surface area contributed by atoms with Crippen molar-refractivity contribution in [1.29, 1.82) is 0 Å². The largest absolute Gasteiger partial charge is 0.374 e. The van der Waals surface area contributed by atoms with Crippen LogP contribution >= 0.6 is 11.6 Å². The first kappa shape index (κ1) is 17.0. The Morgan fingerprint density at radius 1 is 1.38 bits per heavy atom. The van der Waals surface area contributed by atoms with Crippen molar-refractivity contribution in [2.75, 3.05) is 13.2 Å². The van der Waals surface area contributed by atoms with Crippen molar-refractivity contribution < 1.29 is 14.1 Å². The lowest BCUT2D eigenvalue weighted by molar-refractivity contribution is -0.152. The zero-order valence-electron chi connectivity index (χ0n) is 14.1. The first-order valence-corrected chi connectivity index (χ1v) is 8.36. The lowest BCUT2D eigenvalue weighted by Gasteiger charge is -2.44. The van der Waals surface area contributed by atoms with Gasteiger partial charge in [0.1, 0.15) is 0 Å². The second kappa shape index (κ2) is 6.57. The number of amides is 1. The van der Waals surface area contributed by atoms with E-state index in [0.717, 1.165) is 5.56 Å². The summed E-state index contributed by atoms with van der Waals surface area (Å²) in [6.45, 7) is 7.13. The van der Waals surface area contributed by atoms with Crippen LogP contribution in [0.25, 0.3) is 11.3 Å². The van der Waals surface area contributed by atoms with Crippen LogP contribution in [0.5, 0.6) is 0 Å². The number of morpholine rings is 1. The number of aromatic nitrogens is 1. The lowest BCUT2D eigenvalue weighted by atomic mass is 10.00. The van der Waals surface area contributed by atoms with Crippen LogP contribution in [0.4, 0.5) is 0 Å². The Hall–Kier alpha value is -1.85. The maximum absolute atomic E-state index is 12.7. The summed E-state index contributed by atoms with van der Waals surface area (Å²) in [6.07, 6.45) is 0.261. The van der Waals surface area contributed by atoms with Gasteiger partial charge in [0.15, 0.2) is 5.76 Å². The molecule has 1 aliphatic heterocycles. The molecule has 0 bridgehead atoms. The van der Waals surface area contributed by atoms with Gasteiger partial charge in [0.2, 0.25) is 5.91 Å². The van der Waals surface area contributed by atoms with Gasteiger partial charge < -0.3 is 14.2 Å². The molecule has 0 N–H and O–H groups in total. The molecule has 0 saturated carbocycles. The second-order valence-electron chi connectivity index (χ2n) is 6.80. The summed E-state index contributed by atoms with van der Waals surface area (Å²) >= 11 is 5.89. The molecule has 0 aliphatic carbocycles. The molecule has 1 amide bonds. The van der Waals surface area contributed by atoms with Crippen LogP contribution in [0.15, 0.2) is 34.9 Å². The van der Waals surface area contributed by atoms with E-state index in [0.29, 0.717) is 29.6 Å². The van der Waals surface area contributed by atoms with Crippen LogP contribution in [0.2, 0.25) is 5.02 Å². The highest BCUT2D eigenvalue weighted by Crippen LogP contribution is 2.25. The van der Waals surface area contributed by atoms with Crippen LogP contribution in [0, 0.1) is 0 Å². The quantitative estimate of drug-likeness (QED) is 0.851. The smallest absolute Gasteiger partial charge is 0.229 e. The first-order valence-electron chi connectivity index (χ1n) is 7.99. The number of ether oxygens (including phenoxy) is 1. The van der Waals surface area contributed by atoms with E-state index < -0.39 is 0 Å². The van der Waals surface area contributed by atoms with Gasteiger partial charge in [0.05, 0.1) is 30.4 Å². The predicted molar refractivity (Wildman–Crippen MR) is 91.9 cm³/mol. The lowest BCUT2D eigenvalue weighted by Crippen LogP contribution is -2.58. The summed E-state index contributed by atoms with van der Waals surface area (Å²) in [7, 11) is 0. The minimum absolute atomic E-state index is 0.0334. The number of hydrogen-bond acceptors (Lipinski definition) is 4. The molecule has 128 valence electrons. The fraction of sp³-hybridized carbons (Fsp3) is 0.444. The zero-order valence-corrected chi connectivity index (χ0v) is 14.8. The van der Waals surface area contributed by atoms with Gasteiger partial charge in [-0.2, -0.15) is 0 Å². The predicted octanol–water partition coefficient (Wildman–Crippen LogP) is 3.56. The third-order valence-electron chi connectivity index (χ3n) is 4.21. The molecule has 1 fully saturated rings. The Morgan fingerprint density at radius 2 is 2.08 bits per heavy atom. The molecule has 1 unspecified atom stereocenters. The molecule has 1 aliphatic rings. The third kappa shape index (κ3) is 3.62. The zero-order chi connectivity index (χ0) is 17.3.